The van der Waals surface area contributed by atoms with Gasteiger partial charge in [-0.15, -0.1) is 0 Å². The molecule has 1 radical (unpaired) electrons. The molecule has 0 amide bonds. The van der Waals surface area contributed by atoms with E-state index in [1.54, 1.807) is 0 Å². The van der Waals surface area contributed by atoms with Crippen LogP contribution in [0.1, 0.15) is 58.3 Å². The molecule has 2 nitrogen and oxygen atoms in total. The van der Waals surface area contributed by atoms with E-state index < -0.39 is 0 Å². The van der Waals surface area contributed by atoms with Gasteiger partial charge < -0.3 is 0 Å². The number of rotatable bonds is 1. The standard InChI is InChI=1S/C13H21N2/c1-11-10-14-15-13(11)12-8-6-4-2-3-5-7-9-12/h10,12H,2-9H2,1H3. The minimum atomic E-state index is 0.686. The summed E-state index contributed by atoms with van der Waals surface area (Å²) in [5.41, 5.74) is 6.59. The Hall–Kier alpha value is -0.790. The van der Waals surface area contributed by atoms with Crippen molar-refractivity contribution in [3.05, 3.63) is 11.8 Å². The second-order valence-corrected chi connectivity index (χ2v) is 4.81. The Kier molecular flexibility index (Phi) is 3.81. The molecule has 15 heavy (non-hydrogen) atoms. The highest BCUT2D eigenvalue weighted by molar-refractivity contribution is 6.02. The molecule has 2 rings (SSSR count). The van der Waals surface area contributed by atoms with Crippen LogP contribution in [0.2, 0.25) is 0 Å². The molecule has 2 aliphatic rings. The Bertz CT molecular complexity index is 256. The Labute approximate surface area is 92.8 Å². The summed E-state index contributed by atoms with van der Waals surface area (Å²) < 4.78 is 0. The van der Waals surface area contributed by atoms with Crippen LogP contribution in [-0.4, -0.2) is 5.71 Å². The van der Waals surface area contributed by atoms with Crippen LogP contribution in [0.4, 0.5) is 0 Å². The monoisotopic (exact) mass is 205 g/mol. The highest BCUT2D eigenvalue weighted by Crippen LogP contribution is 2.26. The van der Waals surface area contributed by atoms with E-state index in [1.807, 2.05) is 6.20 Å². The summed E-state index contributed by atoms with van der Waals surface area (Å²) in [6, 6.07) is 0. The normalized spacial score (nSPS) is 24.6. The van der Waals surface area contributed by atoms with E-state index in [4.69, 9.17) is 0 Å². The summed E-state index contributed by atoms with van der Waals surface area (Å²) in [5.74, 6) is 0.686. The predicted octanol–water partition coefficient (Wildman–Crippen LogP) is 3.61. The summed E-state index contributed by atoms with van der Waals surface area (Å²) in [6.45, 7) is 2.14. The molecule has 0 aromatic heterocycles. The molecule has 83 valence electrons. The van der Waals surface area contributed by atoms with Gasteiger partial charge >= 0.3 is 0 Å². The van der Waals surface area contributed by atoms with E-state index in [-0.39, 0.29) is 0 Å². The average molecular weight is 205 g/mol. The molecule has 1 aliphatic heterocycles. The lowest BCUT2D eigenvalue weighted by molar-refractivity contribution is 0.536. The number of allylic oxidation sites excluding steroid dienone is 1. The molecule has 0 saturated heterocycles. The third-order valence-corrected chi connectivity index (χ3v) is 3.56. The van der Waals surface area contributed by atoms with Crippen LogP contribution in [0.5, 0.6) is 0 Å². The molecule has 0 spiro atoms. The predicted molar refractivity (Wildman–Crippen MR) is 63.8 cm³/mol. The molecule has 0 aromatic carbocycles. The molecule has 1 saturated carbocycles. The summed E-state index contributed by atoms with van der Waals surface area (Å²) >= 11 is 0. The van der Waals surface area contributed by atoms with Gasteiger partial charge in [0.15, 0.2) is 0 Å². The largest absolute Gasteiger partial charge is 0.159 e. The minimum Gasteiger partial charge on any atom is -0.159 e. The van der Waals surface area contributed by atoms with Crippen LogP contribution in [0.15, 0.2) is 16.9 Å². The quantitative estimate of drug-likeness (QED) is 0.625. The van der Waals surface area contributed by atoms with E-state index in [2.05, 4.69) is 17.5 Å². The molecule has 2 heteroatoms. The maximum atomic E-state index is 4.29. The van der Waals surface area contributed by atoms with Crippen LogP contribution in [-0.2, 0) is 0 Å². The minimum absolute atomic E-state index is 0.686. The first-order chi connectivity index (χ1) is 7.38. The van der Waals surface area contributed by atoms with E-state index in [9.17, 15) is 0 Å². The Balaban J connectivity index is 1.96. The first-order valence-corrected chi connectivity index (χ1v) is 6.33. The van der Waals surface area contributed by atoms with Crippen LogP contribution >= 0.6 is 0 Å². The lowest BCUT2D eigenvalue weighted by Crippen LogP contribution is -2.14. The van der Waals surface area contributed by atoms with Gasteiger partial charge in [-0.1, -0.05) is 38.5 Å². The fourth-order valence-corrected chi connectivity index (χ4v) is 2.63. The topological polar surface area (TPSA) is 26.5 Å². The van der Waals surface area contributed by atoms with Crippen molar-refractivity contribution in [2.24, 2.45) is 11.0 Å². The highest BCUT2D eigenvalue weighted by Gasteiger charge is 2.20. The summed E-state index contributed by atoms with van der Waals surface area (Å²) in [6.07, 6.45) is 13.0. The van der Waals surface area contributed by atoms with Crippen LogP contribution in [0, 0.1) is 5.92 Å². The molecule has 1 heterocycles. The number of nitrogens with zero attached hydrogens (tertiary/aromatic N) is 2. The van der Waals surface area contributed by atoms with Gasteiger partial charge in [-0.3, -0.25) is 0 Å². The van der Waals surface area contributed by atoms with Gasteiger partial charge in [0.2, 0.25) is 0 Å². The molecular weight excluding hydrogens is 184 g/mol. The molecule has 0 N–H and O–H groups in total. The van der Waals surface area contributed by atoms with Crippen molar-refractivity contribution in [3.63, 3.8) is 0 Å². The van der Waals surface area contributed by atoms with Gasteiger partial charge in [-0.05, 0) is 25.3 Å². The summed E-state index contributed by atoms with van der Waals surface area (Å²) in [4.78, 5) is 0. The van der Waals surface area contributed by atoms with Gasteiger partial charge in [-0.25, -0.2) is 0 Å². The summed E-state index contributed by atoms with van der Waals surface area (Å²) in [7, 11) is 0. The van der Waals surface area contributed by atoms with Crippen molar-refractivity contribution in [2.45, 2.75) is 58.3 Å². The maximum Gasteiger partial charge on any atom is 0.0706 e. The molecule has 0 unspecified atom stereocenters. The van der Waals surface area contributed by atoms with Gasteiger partial charge in [0.25, 0.3) is 0 Å². The summed E-state index contributed by atoms with van der Waals surface area (Å²) in [5, 5.41) is 4.29. The van der Waals surface area contributed by atoms with E-state index in [0.29, 0.717) is 5.92 Å². The van der Waals surface area contributed by atoms with Crippen molar-refractivity contribution in [1.29, 1.82) is 0 Å². The zero-order valence-electron chi connectivity index (χ0n) is 9.71. The van der Waals surface area contributed by atoms with Gasteiger partial charge in [0.05, 0.1) is 11.9 Å². The number of hydrogen-bond donors (Lipinski definition) is 0. The molecule has 1 fully saturated rings. The molecular formula is C13H21N2. The Morgan fingerprint density at radius 2 is 1.60 bits per heavy atom. The second kappa shape index (κ2) is 5.34. The molecule has 0 atom stereocenters. The maximum absolute atomic E-state index is 4.29. The van der Waals surface area contributed by atoms with E-state index >= 15 is 0 Å². The Morgan fingerprint density at radius 1 is 1.00 bits per heavy atom. The lowest BCUT2D eigenvalue weighted by atomic mass is 9.89. The molecule has 1 aliphatic carbocycles. The van der Waals surface area contributed by atoms with Crippen molar-refractivity contribution in [3.8, 4) is 0 Å². The van der Waals surface area contributed by atoms with Crippen LogP contribution in [0.3, 0.4) is 0 Å². The SMILES string of the molecule is CC1=C[N]N=C1C1CCCCCCCC1. The van der Waals surface area contributed by atoms with Crippen LogP contribution < -0.4 is 5.43 Å². The number of hydrogen-bond acceptors (Lipinski definition) is 1. The van der Waals surface area contributed by atoms with Crippen LogP contribution in [0.25, 0.3) is 0 Å². The first kappa shape index (κ1) is 10.7. The highest BCUT2D eigenvalue weighted by atomic mass is 15.3. The van der Waals surface area contributed by atoms with Gasteiger partial charge in [-0.2, -0.15) is 10.5 Å². The smallest absolute Gasteiger partial charge is 0.0706 e. The third kappa shape index (κ3) is 2.83. The van der Waals surface area contributed by atoms with Gasteiger partial charge in [0.1, 0.15) is 0 Å². The van der Waals surface area contributed by atoms with Crippen molar-refractivity contribution >= 4 is 5.71 Å². The third-order valence-electron chi connectivity index (χ3n) is 3.56. The average Bonchev–Trinajstić information content (AvgIpc) is 2.68. The van der Waals surface area contributed by atoms with Crippen molar-refractivity contribution < 1.29 is 0 Å². The lowest BCUT2D eigenvalue weighted by Gasteiger charge is -2.15. The zero-order valence-corrected chi connectivity index (χ0v) is 9.71. The second-order valence-electron chi connectivity index (χ2n) is 4.81. The van der Waals surface area contributed by atoms with Crippen molar-refractivity contribution in [2.75, 3.05) is 0 Å². The Morgan fingerprint density at radius 3 is 2.13 bits per heavy atom. The van der Waals surface area contributed by atoms with E-state index in [0.717, 1.165) is 0 Å². The fraction of sp³-hybridized carbons (Fsp3) is 0.769. The fourth-order valence-electron chi connectivity index (χ4n) is 2.63. The first-order valence-electron chi connectivity index (χ1n) is 6.33. The van der Waals surface area contributed by atoms with Crippen molar-refractivity contribution in [1.82, 2.24) is 5.43 Å². The zero-order chi connectivity index (χ0) is 10.5. The van der Waals surface area contributed by atoms with Gasteiger partial charge in [0, 0.05) is 5.92 Å². The molecule has 0 aromatic rings. The van der Waals surface area contributed by atoms with E-state index in [1.165, 1.54) is 62.7 Å². The molecule has 0 bridgehead atoms.